The minimum absolute atomic E-state index is 0.219. The van der Waals surface area contributed by atoms with Gasteiger partial charge < -0.3 is 10.2 Å². The molecule has 66 valence electrons. The third-order valence-corrected chi connectivity index (χ3v) is 1.66. The van der Waals surface area contributed by atoms with E-state index in [0.717, 1.165) is 0 Å². The molecular formula is C7H5ClN4O. The van der Waals surface area contributed by atoms with E-state index in [0.29, 0.717) is 11.6 Å². The van der Waals surface area contributed by atoms with Crippen LogP contribution in [0.25, 0.3) is 11.6 Å². The number of aromatic nitrogens is 3. The van der Waals surface area contributed by atoms with Gasteiger partial charge in [0, 0.05) is 0 Å². The van der Waals surface area contributed by atoms with Gasteiger partial charge in [-0.2, -0.15) is 0 Å². The molecule has 2 aromatic rings. The lowest BCUT2D eigenvalue weighted by Crippen LogP contribution is -1.95. The average molecular weight is 197 g/mol. The average Bonchev–Trinajstić information content (AvgIpc) is 2.61. The van der Waals surface area contributed by atoms with Gasteiger partial charge in [-0.1, -0.05) is 11.6 Å². The Bertz CT molecular complexity index is 414. The standard InChI is InChI=1S/C7H5ClN4O/c8-6-5(7-10-1-2-13-7)12-4(9)3-11-6/h1-3H,(H2,9,12). The highest BCUT2D eigenvalue weighted by molar-refractivity contribution is 6.31. The number of anilines is 1. The zero-order valence-corrected chi connectivity index (χ0v) is 7.19. The van der Waals surface area contributed by atoms with Gasteiger partial charge in [0.25, 0.3) is 0 Å². The van der Waals surface area contributed by atoms with Gasteiger partial charge in [0.1, 0.15) is 12.1 Å². The van der Waals surface area contributed by atoms with Crippen molar-refractivity contribution >= 4 is 17.4 Å². The molecule has 0 unspecified atom stereocenters. The van der Waals surface area contributed by atoms with E-state index in [-0.39, 0.29) is 11.0 Å². The molecule has 0 saturated carbocycles. The second kappa shape index (κ2) is 3.02. The molecule has 2 rings (SSSR count). The quantitative estimate of drug-likeness (QED) is 0.745. The third-order valence-electron chi connectivity index (χ3n) is 1.38. The number of hydrogen-bond acceptors (Lipinski definition) is 5. The Morgan fingerprint density at radius 2 is 2.23 bits per heavy atom. The smallest absolute Gasteiger partial charge is 0.248 e. The molecule has 0 aliphatic carbocycles. The van der Waals surface area contributed by atoms with Gasteiger partial charge in [0.05, 0.1) is 12.4 Å². The number of hydrogen-bond donors (Lipinski definition) is 1. The van der Waals surface area contributed by atoms with Crippen molar-refractivity contribution < 1.29 is 4.42 Å². The van der Waals surface area contributed by atoms with Crippen LogP contribution in [0.1, 0.15) is 0 Å². The highest BCUT2D eigenvalue weighted by Gasteiger charge is 2.10. The lowest BCUT2D eigenvalue weighted by molar-refractivity contribution is 0.572. The highest BCUT2D eigenvalue weighted by atomic mass is 35.5. The SMILES string of the molecule is Nc1cnc(Cl)c(-c2ncco2)n1. The number of rotatable bonds is 1. The van der Waals surface area contributed by atoms with Crippen LogP contribution in [0.4, 0.5) is 5.82 Å². The van der Waals surface area contributed by atoms with Gasteiger partial charge >= 0.3 is 0 Å². The first-order chi connectivity index (χ1) is 6.27. The minimum atomic E-state index is 0.219. The molecule has 13 heavy (non-hydrogen) atoms. The maximum Gasteiger partial charge on any atom is 0.248 e. The summed E-state index contributed by atoms with van der Waals surface area (Å²) >= 11 is 5.76. The van der Waals surface area contributed by atoms with Crippen molar-refractivity contribution in [3.05, 3.63) is 23.8 Å². The minimum Gasteiger partial charge on any atom is -0.443 e. The zero-order chi connectivity index (χ0) is 9.26. The Labute approximate surface area is 78.6 Å². The van der Waals surface area contributed by atoms with E-state index in [2.05, 4.69) is 15.0 Å². The van der Waals surface area contributed by atoms with E-state index < -0.39 is 0 Å². The van der Waals surface area contributed by atoms with Gasteiger partial charge in [-0.25, -0.2) is 15.0 Å². The second-order valence-electron chi connectivity index (χ2n) is 2.27. The topological polar surface area (TPSA) is 77.8 Å². The molecule has 0 saturated heterocycles. The van der Waals surface area contributed by atoms with E-state index >= 15 is 0 Å². The summed E-state index contributed by atoms with van der Waals surface area (Å²) in [6.45, 7) is 0. The van der Waals surface area contributed by atoms with E-state index in [4.69, 9.17) is 21.8 Å². The maximum atomic E-state index is 5.76. The van der Waals surface area contributed by atoms with Crippen LogP contribution in [0.2, 0.25) is 5.15 Å². The highest BCUT2D eigenvalue weighted by Crippen LogP contribution is 2.22. The van der Waals surface area contributed by atoms with Crippen LogP contribution in [0, 0.1) is 0 Å². The fraction of sp³-hybridized carbons (Fsp3) is 0. The van der Waals surface area contributed by atoms with Gasteiger partial charge in [-0.05, 0) is 0 Å². The molecule has 2 aromatic heterocycles. The molecule has 0 atom stereocenters. The van der Waals surface area contributed by atoms with Crippen molar-refractivity contribution in [2.45, 2.75) is 0 Å². The molecule has 0 aromatic carbocycles. The summed E-state index contributed by atoms with van der Waals surface area (Å²) in [4.78, 5) is 11.6. The molecule has 0 amide bonds. The van der Waals surface area contributed by atoms with Crippen molar-refractivity contribution in [3.63, 3.8) is 0 Å². The van der Waals surface area contributed by atoms with Crippen LogP contribution in [-0.2, 0) is 0 Å². The summed E-state index contributed by atoms with van der Waals surface area (Å²) in [5, 5.41) is 0.219. The number of nitrogen functional groups attached to an aromatic ring is 1. The summed E-state index contributed by atoms with van der Waals surface area (Å²) in [5.74, 6) is 0.586. The molecule has 0 radical (unpaired) electrons. The van der Waals surface area contributed by atoms with Crippen molar-refractivity contribution in [1.29, 1.82) is 0 Å². The summed E-state index contributed by atoms with van der Waals surface area (Å²) in [6, 6.07) is 0. The van der Waals surface area contributed by atoms with Crippen LogP contribution in [-0.4, -0.2) is 15.0 Å². The lowest BCUT2D eigenvalue weighted by atomic mass is 10.4. The monoisotopic (exact) mass is 196 g/mol. The maximum absolute atomic E-state index is 5.76. The first-order valence-corrected chi connectivity index (χ1v) is 3.83. The number of oxazole rings is 1. The Morgan fingerprint density at radius 1 is 1.38 bits per heavy atom. The Morgan fingerprint density at radius 3 is 2.92 bits per heavy atom. The predicted octanol–water partition coefficient (Wildman–Crippen LogP) is 1.37. The summed E-state index contributed by atoms with van der Waals surface area (Å²) < 4.78 is 5.00. The molecule has 0 aliphatic heterocycles. The van der Waals surface area contributed by atoms with Crippen molar-refractivity contribution in [1.82, 2.24) is 15.0 Å². The number of nitrogens with two attached hydrogens (primary N) is 1. The fourth-order valence-electron chi connectivity index (χ4n) is 0.864. The van der Waals surface area contributed by atoms with Gasteiger partial charge in [-0.3, -0.25) is 0 Å². The number of nitrogens with zero attached hydrogens (tertiary/aromatic N) is 3. The Kier molecular flexibility index (Phi) is 1.86. The van der Waals surface area contributed by atoms with Gasteiger partial charge in [-0.15, -0.1) is 0 Å². The number of halogens is 1. The molecule has 5 nitrogen and oxygen atoms in total. The van der Waals surface area contributed by atoms with Crippen LogP contribution in [0.5, 0.6) is 0 Å². The van der Waals surface area contributed by atoms with E-state index in [1.165, 1.54) is 18.7 Å². The van der Waals surface area contributed by atoms with E-state index in [1.807, 2.05) is 0 Å². The normalized spacial score (nSPS) is 10.2. The predicted molar refractivity (Wildman–Crippen MR) is 47.0 cm³/mol. The Hall–Kier alpha value is -1.62. The molecule has 0 spiro atoms. The first-order valence-electron chi connectivity index (χ1n) is 3.45. The molecule has 0 aliphatic rings. The van der Waals surface area contributed by atoms with Crippen molar-refractivity contribution in [2.24, 2.45) is 0 Å². The molecule has 0 fully saturated rings. The molecule has 0 bridgehead atoms. The summed E-state index contributed by atoms with van der Waals surface area (Å²) in [7, 11) is 0. The van der Waals surface area contributed by atoms with Crippen LogP contribution in [0.3, 0.4) is 0 Å². The molecular weight excluding hydrogens is 192 g/mol. The second-order valence-corrected chi connectivity index (χ2v) is 2.63. The van der Waals surface area contributed by atoms with Crippen molar-refractivity contribution in [3.8, 4) is 11.6 Å². The van der Waals surface area contributed by atoms with Crippen LogP contribution < -0.4 is 5.73 Å². The van der Waals surface area contributed by atoms with Crippen molar-refractivity contribution in [2.75, 3.05) is 5.73 Å². The summed E-state index contributed by atoms with van der Waals surface area (Å²) in [5.41, 5.74) is 5.79. The van der Waals surface area contributed by atoms with Crippen LogP contribution >= 0.6 is 11.6 Å². The molecule has 6 heteroatoms. The summed E-state index contributed by atoms with van der Waals surface area (Å²) in [6.07, 6.45) is 4.29. The van der Waals surface area contributed by atoms with Crippen LogP contribution in [0.15, 0.2) is 23.1 Å². The zero-order valence-electron chi connectivity index (χ0n) is 6.44. The van der Waals surface area contributed by atoms with E-state index in [1.54, 1.807) is 0 Å². The van der Waals surface area contributed by atoms with E-state index in [9.17, 15) is 0 Å². The lowest BCUT2D eigenvalue weighted by Gasteiger charge is -1.97. The molecule has 2 N–H and O–H groups in total. The largest absolute Gasteiger partial charge is 0.443 e. The molecule has 2 heterocycles. The first kappa shape index (κ1) is 8.00. The third kappa shape index (κ3) is 1.46. The van der Waals surface area contributed by atoms with Gasteiger partial charge in [0.15, 0.2) is 10.8 Å². The fourth-order valence-corrected chi connectivity index (χ4v) is 1.04. The Balaban J connectivity index is 2.57. The van der Waals surface area contributed by atoms with Gasteiger partial charge in [0.2, 0.25) is 5.89 Å².